The Balaban J connectivity index is 1.27. The standard InChI is InChI=1S/C27H33F2N3O2S/c1-27(17-23(27)19-5-9-21(28)10-6-19)30-13-16-35-18-24(26(34)32-14-3-2-4-15-32)31-25(33)20-7-11-22(29)12-8-20/h5-12,23-24,30H,2-4,13-18H2,1H3,(H,31,33)/t23-,24-,27+/m0/s1. The average Bonchev–Trinajstić information content (AvgIpc) is 3.55. The smallest absolute Gasteiger partial charge is 0.251 e. The first-order chi connectivity index (χ1) is 16.9. The summed E-state index contributed by atoms with van der Waals surface area (Å²) in [6.45, 7) is 4.39. The molecule has 1 heterocycles. The van der Waals surface area contributed by atoms with E-state index in [1.165, 1.54) is 36.4 Å². The van der Waals surface area contributed by atoms with Crippen LogP contribution in [-0.4, -0.2) is 59.4 Å². The Labute approximate surface area is 210 Å². The van der Waals surface area contributed by atoms with Crippen LogP contribution in [0.1, 0.15) is 54.4 Å². The van der Waals surface area contributed by atoms with Gasteiger partial charge in [-0.1, -0.05) is 12.1 Å². The topological polar surface area (TPSA) is 61.4 Å². The molecular weight excluding hydrogens is 468 g/mol. The molecular formula is C27H33F2N3O2S. The zero-order valence-corrected chi connectivity index (χ0v) is 20.9. The van der Waals surface area contributed by atoms with Gasteiger partial charge in [-0.05, 0) is 74.6 Å². The highest BCUT2D eigenvalue weighted by Gasteiger charge is 2.50. The molecule has 2 aliphatic rings. The predicted octanol–water partition coefficient (Wildman–Crippen LogP) is 4.34. The van der Waals surface area contributed by atoms with Gasteiger partial charge in [0.15, 0.2) is 0 Å². The van der Waals surface area contributed by atoms with E-state index < -0.39 is 11.9 Å². The normalized spacial score (nSPS) is 22.5. The summed E-state index contributed by atoms with van der Waals surface area (Å²) in [5, 5.41) is 6.48. The van der Waals surface area contributed by atoms with Gasteiger partial charge in [0.2, 0.25) is 5.91 Å². The quantitative estimate of drug-likeness (QED) is 0.476. The molecule has 2 fully saturated rings. The maximum atomic E-state index is 13.2. The van der Waals surface area contributed by atoms with Crippen molar-refractivity contribution < 1.29 is 18.4 Å². The van der Waals surface area contributed by atoms with E-state index in [-0.39, 0.29) is 23.2 Å². The molecule has 0 aromatic heterocycles. The molecule has 5 nitrogen and oxygen atoms in total. The number of thioether (sulfide) groups is 1. The van der Waals surface area contributed by atoms with Gasteiger partial charge in [-0.3, -0.25) is 9.59 Å². The van der Waals surface area contributed by atoms with E-state index in [9.17, 15) is 18.4 Å². The van der Waals surface area contributed by atoms with E-state index in [2.05, 4.69) is 17.6 Å². The van der Waals surface area contributed by atoms with Crippen molar-refractivity contribution in [3.05, 3.63) is 71.3 Å². The van der Waals surface area contributed by atoms with Gasteiger partial charge < -0.3 is 15.5 Å². The number of hydrogen-bond acceptors (Lipinski definition) is 4. The lowest BCUT2D eigenvalue weighted by atomic mass is 10.1. The van der Waals surface area contributed by atoms with Crippen LogP contribution in [0.15, 0.2) is 48.5 Å². The Morgan fingerprint density at radius 1 is 1.03 bits per heavy atom. The molecule has 2 aromatic rings. The number of carbonyl (C=O) groups is 2. The number of rotatable bonds is 10. The second-order valence-corrected chi connectivity index (χ2v) is 10.8. The average molecular weight is 502 g/mol. The first-order valence-electron chi connectivity index (χ1n) is 12.3. The SMILES string of the molecule is C[C@@]1(NCCSC[C@H](NC(=O)c2ccc(F)cc2)C(=O)N2CCCCC2)C[C@H]1c1ccc(F)cc1. The second kappa shape index (κ2) is 11.5. The summed E-state index contributed by atoms with van der Waals surface area (Å²) in [4.78, 5) is 27.7. The second-order valence-electron chi connectivity index (χ2n) is 9.65. The summed E-state index contributed by atoms with van der Waals surface area (Å²) in [6.07, 6.45) is 4.09. The van der Waals surface area contributed by atoms with Crippen LogP contribution >= 0.6 is 11.8 Å². The van der Waals surface area contributed by atoms with Crippen LogP contribution in [0.4, 0.5) is 8.78 Å². The number of amides is 2. The number of nitrogens with zero attached hydrogens (tertiary/aromatic N) is 1. The third-order valence-electron chi connectivity index (χ3n) is 6.95. The molecule has 8 heteroatoms. The van der Waals surface area contributed by atoms with Crippen molar-refractivity contribution in [3.63, 3.8) is 0 Å². The Bertz CT molecular complexity index is 1010. The monoisotopic (exact) mass is 501 g/mol. The largest absolute Gasteiger partial charge is 0.341 e. The van der Waals surface area contributed by atoms with Crippen LogP contribution < -0.4 is 10.6 Å². The Kier molecular flexibility index (Phi) is 8.44. The van der Waals surface area contributed by atoms with Crippen molar-refractivity contribution in [2.75, 3.05) is 31.1 Å². The van der Waals surface area contributed by atoms with Gasteiger partial charge in [0.1, 0.15) is 17.7 Å². The Hall–Kier alpha value is -2.45. The van der Waals surface area contributed by atoms with Gasteiger partial charge in [-0.2, -0.15) is 11.8 Å². The minimum atomic E-state index is -0.626. The molecule has 0 unspecified atom stereocenters. The molecule has 35 heavy (non-hydrogen) atoms. The first kappa shape index (κ1) is 25.6. The molecule has 1 saturated carbocycles. The summed E-state index contributed by atoms with van der Waals surface area (Å²) in [5.41, 5.74) is 1.48. The van der Waals surface area contributed by atoms with E-state index in [0.29, 0.717) is 17.2 Å². The maximum absolute atomic E-state index is 13.2. The highest BCUT2D eigenvalue weighted by atomic mass is 32.2. The first-order valence-corrected chi connectivity index (χ1v) is 13.4. The molecule has 3 atom stereocenters. The minimum absolute atomic E-state index is 0.00178. The van der Waals surface area contributed by atoms with Gasteiger partial charge in [-0.25, -0.2) is 8.78 Å². The van der Waals surface area contributed by atoms with Crippen LogP contribution in [-0.2, 0) is 4.79 Å². The molecule has 1 aliphatic heterocycles. The van der Waals surface area contributed by atoms with Gasteiger partial charge in [-0.15, -0.1) is 0 Å². The molecule has 2 N–H and O–H groups in total. The van der Waals surface area contributed by atoms with Gasteiger partial charge in [0.25, 0.3) is 5.91 Å². The van der Waals surface area contributed by atoms with Gasteiger partial charge >= 0.3 is 0 Å². The zero-order chi connectivity index (χ0) is 24.8. The Morgan fingerprint density at radius 3 is 2.31 bits per heavy atom. The van der Waals surface area contributed by atoms with E-state index in [1.807, 2.05) is 17.0 Å². The lowest BCUT2D eigenvalue weighted by Gasteiger charge is -2.30. The van der Waals surface area contributed by atoms with Crippen molar-refractivity contribution in [3.8, 4) is 0 Å². The lowest BCUT2D eigenvalue weighted by molar-refractivity contribution is -0.133. The predicted molar refractivity (Wildman–Crippen MR) is 136 cm³/mol. The number of nitrogens with one attached hydrogen (secondary N) is 2. The minimum Gasteiger partial charge on any atom is -0.341 e. The number of benzene rings is 2. The van der Waals surface area contributed by atoms with Crippen molar-refractivity contribution in [1.29, 1.82) is 0 Å². The molecule has 2 amide bonds. The van der Waals surface area contributed by atoms with E-state index >= 15 is 0 Å². The van der Waals surface area contributed by atoms with Crippen molar-refractivity contribution >= 4 is 23.6 Å². The molecule has 0 radical (unpaired) electrons. The van der Waals surface area contributed by atoms with Gasteiger partial charge in [0.05, 0.1) is 0 Å². The molecule has 4 rings (SSSR count). The van der Waals surface area contributed by atoms with Crippen LogP contribution in [0.5, 0.6) is 0 Å². The summed E-state index contributed by atoms with van der Waals surface area (Å²) in [7, 11) is 0. The van der Waals surface area contributed by atoms with Crippen molar-refractivity contribution in [2.24, 2.45) is 0 Å². The number of piperidine rings is 1. The number of likely N-dealkylation sites (tertiary alicyclic amines) is 1. The molecule has 2 aromatic carbocycles. The van der Waals surface area contributed by atoms with Crippen LogP contribution in [0.25, 0.3) is 0 Å². The molecule has 0 bridgehead atoms. The highest BCUT2D eigenvalue weighted by molar-refractivity contribution is 7.99. The zero-order valence-electron chi connectivity index (χ0n) is 20.1. The van der Waals surface area contributed by atoms with Gasteiger partial charge in [0, 0.05) is 48.2 Å². The fourth-order valence-corrected chi connectivity index (χ4v) is 5.58. The summed E-state index contributed by atoms with van der Waals surface area (Å²) < 4.78 is 26.4. The third kappa shape index (κ3) is 6.82. The van der Waals surface area contributed by atoms with Crippen LogP contribution in [0.3, 0.4) is 0 Å². The summed E-state index contributed by atoms with van der Waals surface area (Å²) in [5.74, 6) is 0.593. The van der Waals surface area contributed by atoms with Crippen molar-refractivity contribution in [2.45, 2.75) is 50.1 Å². The number of hydrogen-bond donors (Lipinski definition) is 2. The Morgan fingerprint density at radius 2 is 1.66 bits per heavy atom. The lowest BCUT2D eigenvalue weighted by Crippen LogP contribution is -2.51. The highest BCUT2D eigenvalue weighted by Crippen LogP contribution is 2.50. The maximum Gasteiger partial charge on any atom is 0.251 e. The van der Waals surface area contributed by atoms with Crippen molar-refractivity contribution in [1.82, 2.24) is 15.5 Å². The van der Waals surface area contributed by atoms with E-state index in [1.54, 1.807) is 11.8 Å². The van der Waals surface area contributed by atoms with Crippen LogP contribution in [0.2, 0.25) is 0 Å². The fraction of sp³-hybridized carbons (Fsp3) is 0.481. The van der Waals surface area contributed by atoms with Crippen LogP contribution in [0, 0.1) is 11.6 Å². The molecule has 1 saturated heterocycles. The van der Waals surface area contributed by atoms with E-state index in [0.717, 1.165) is 56.6 Å². The number of halogens is 2. The summed E-state index contributed by atoms with van der Waals surface area (Å²) in [6, 6.07) is 11.4. The molecule has 0 spiro atoms. The summed E-state index contributed by atoms with van der Waals surface area (Å²) >= 11 is 1.63. The fourth-order valence-electron chi connectivity index (χ4n) is 4.70. The van der Waals surface area contributed by atoms with E-state index in [4.69, 9.17) is 0 Å². The number of carbonyl (C=O) groups excluding carboxylic acids is 2. The third-order valence-corrected chi connectivity index (χ3v) is 8.01. The molecule has 188 valence electrons. The molecule has 1 aliphatic carbocycles.